The van der Waals surface area contributed by atoms with E-state index in [9.17, 15) is 0 Å². The molecule has 140 valence electrons. The quantitative estimate of drug-likeness (QED) is 0.692. The molecule has 0 radical (unpaired) electrons. The maximum atomic E-state index is 5.83. The number of anilines is 1. The molecule has 1 atom stereocenters. The van der Waals surface area contributed by atoms with Crippen molar-refractivity contribution in [2.75, 3.05) is 51.3 Å². The SMILES string of the molecule is COc1ccccc1N1CC[NH+](C[C@@H](S)COCc2ccccc2)CC1. The van der Waals surface area contributed by atoms with Gasteiger partial charge in [-0.3, -0.25) is 0 Å². The number of hydrogen-bond acceptors (Lipinski definition) is 4. The third kappa shape index (κ3) is 5.40. The zero-order chi connectivity index (χ0) is 18.2. The number of nitrogens with zero attached hydrogens (tertiary/aromatic N) is 1. The predicted molar refractivity (Wildman–Crippen MR) is 110 cm³/mol. The van der Waals surface area contributed by atoms with Gasteiger partial charge in [0.05, 0.1) is 64.0 Å². The first kappa shape index (κ1) is 19.1. The summed E-state index contributed by atoms with van der Waals surface area (Å²) in [5.41, 5.74) is 2.41. The lowest BCUT2D eigenvalue weighted by molar-refractivity contribution is -0.900. The number of hydrogen-bond donors (Lipinski definition) is 2. The van der Waals surface area contributed by atoms with Gasteiger partial charge >= 0.3 is 0 Å². The summed E-state index contributed by atoms with van der Waals surface area (Å²) in [5.74, 6) is 0.956. The van der Waals surface area contributed by atoms with Gasteiger partial charge in [0.2, 0.25) is 0 Å². The Morgan fingerprint density at radius 1 is 1.04 bits per heavy atom. The summed E-state index contributed by atoms with van der Waals surface area (Å²) in [7, 11) is 1.74. The van der Waals surface area contributed by atoms with Crippen molar-refractivity contribution in [3.63, 3.8) is 0 Å². The molecule has 0 unspecified atom stereocenters. The third-order valence-corrected chi connectivity index (χ3v) is 5.17. The molecule has 2 aromatic rings. The highest BCUT2D eigenvalue weighted by Gasteiger charge is 2.23. The van der Waals surface area contributed by atoms with E-state index in [1.165, 1.54) is 11.3 Å². The molecule has 4 nitrogen and oxygen atoms in total. The number of rotatable bonds is 8. The average molecular weight is 374 g/mol. The molecule has 0 aromatic heterocycles. The van der Waals surface area contributed by atoms with Crippen molar-refractivity contribution in [2.45, 2.75) is 11.9 Å². The molecule has 0 saturated carbocycles. The van der Waals surface area contributed by atoms with Crippen LogP contribution in [0.15, 0.2) is 54.6 Å². The van der Waals surface area contributed by atoms with Crippen LogP contribution in [0.2, 0.25) is 0 Å². The van der Waals surface area contributed by atoms with Crippen LogP contribution in [0.3, 0.4) is 0 Å². The van der Waals surface area contributed by atoms with Crippen LogP contribution in [0.25, 0.3) is 0 Å². The average Bonchev–Trinajstić information content (AvgIpc) is 2.69. The highest BCUT2D eigenvalue weighted by molar-refractivity contribution is 7.81. The van der Waals surface area contributed by atoms with Crippen molar-refractivity contribution in [1.29, 1.82) is 0 Å². The third-order valence-electron chi connectivity index (χ3n) is 4.84. The number of thiol groups is 1. The van der Waals surface area contributed by atoms with Crippen LogP contribution in [-0.2, 0) is 11.3 Å². The van der Waals surface area contributed by atoms with Gasteiger partial charge in [-0.05, 0) is 17.7 Å². The molecule has 0 aliphatic carbocycles. The summed E-state index contributed by atoms with van der Waals surface area (Å²) in [6.45, 7) is 6.72. The van der Waals surface area contributed by atoms with E-state index in [1.54, 1.807) is 12.0 Å². The molecule has 3 rings (SSSR count). The van der Waals surface area contributed by atoms with Crippen LogP contribution in [0.4, 0.5) is 5.69 Å². The van der Waals surface area contributed by atoms with Crippen LogP contribution in [0.5, 0.6) is 5.75 Å². The van der Waals surface area contributed by atoms with Crippen LogP contribution in [0.1, 0.15) is 5.56 Å². The fourth-order valence-corrected chi connectivity index (χ4v) is 3.80. The van der Waals surface area contributed by atoms with E-state index < -0.39 is 0 Å². The summed E-state index contributed by atoms with van der Waals surface area (Å²) in [6.07, 6.45) is 0. The lowest BCUT2D eigenvalue weighted by Crippen LogP contribution is -3.15. The molecule has 0 spiro atoms. The molecule has 1 saturated heterocycles. The Kier molecular flexibility index (Phi) is 7.23. The van der Waals surface area contributed by atoms with Crippen LogP contribution < -0.4 is 14.5 Å². The van der Waals surface area contributed by atoms with Gasteiger partial charge in [-0.25, -0.2) is 0 Å². The first-order valence-corrected chi connectivity index (χ1v) is 9.79. The molecule has 0 bridgehead atoms. The molecule has 1 aliphatic rings. The normalized spacial score (nSPS) is 16.5. The Bertz CT molecular complexity index is 660. The molecule has 1 fully saturated rings. The standard InChI is InChI=1S/C21H28N2O2S/c1-24-21-10-6-5-9-20(21)23-13-11-22(12-14-23)15-19(26)17-25-16-18-7-3-2-4-8-18/h2-10,19,26H,11-17H2,1H3/p+1/t19-/m1/s1. The number of quaternary nitrogens is 1. The zero-order valence-electron chi connectivity index (χ0n) is 15.4. The van der Waals surface area contributed by atoms with E-state index in [2.05, 4.69) is 29.2 Å². The molecular formula is C21H29N2O2S+. The molecule has 1 aliphatic heterocycles. The maximum absolute atomic E-state index is 5.83. The Hall–Kier alpha value is -1.69. The Labute approximate surface area is 162 Å². The van der Waals surface area contributed by atoms with Gasteiger partial charge in [0, 0.05) is 0 Å². The number of benzene rings is 2. The minimum atomic E-state index is 0.270. The maximum Gasteiger partial charge on any atom is 0.142 e. The van der Waals surface area contributed by atoms with Crippen molar-refractivity contribution in [1.82, 2.24) is 0 Å². The Morgan fingerprint density at radius 2 is 1.73 bits per heavy atom. The Balaban J connectivity index is 1.39. The molecule has 0 amide bonds. The lowest BCUT2D eigenvalue weighted by atomic mass is 10.2. The topological polar surface area (TPSA) is 26.1 Å². The van der Waals surface area contributed by atoms with Gasteiger partial charge in [-0.15, -0.1) is 0 Å². The second kappa shape index (κ2) is 9.86. The summed E-state index contributed by atoms with van der Waals surface area (Å²) in [4.78, 5) is 4.02. The van der Waals surface area contributed by atoms with E-state index in [4.69, 9.17) is 22.1 Å². The second-order valence-corrected chi connectivity index (χ2v) is 7.50. The van der Waals surface area contributed by atoms with Gasteiger partial charge in [0.15, 0.2) is 0 Å². The van der Waals surface area contributed by atoms with Gasteiger partial charge in [0.25, 0.3) is 0 Å². The molecule has 1 N–H and O–H groups in total. The molecule has 26 heavy (non-hydrogen) atoms. The number of para-hydroxylation sites is 2. The smallest absolute Gasteiger partial charge is 0.142 e. The summed E-state index contributed by atoms with van der Waals surface area (Å²) in [6, 6.07) is 18.6. The van der Waals surface area contributed by atoms with Crippen LogP contribution >= 0.6 is 12.6 Å². The van der Waals surface area contributed by atoms with Crippen molar-refractivity contribution in [3.05, 3.63) is 60.2 Å². The number of ether oxygens (including phenoxy) is 2. The fourth-order valence-electron chi connectivity index (χ4n) is 3.44. The molecular weight excluding hydrogens is 344 g/mol. The van der Waals surface area contributed by atoms with E-state index in [0.29, 0.717) is 13.2 Å². The number of methoxy groups -OCH3 is 1. The Morgan fingerprint density at radius 3 is 2.46 bits per heavy atom. The van der Waals surface area contributed by atoms with Gasteiger partial charge in [0.1, 0.15) is 5.75 Å². The van der Waals surface area contributed by atoms with Crippen LogP contribution in [0, 0.1) is 0 Å². The summed E-state index contributed by atoms with van der Waals surface area (Å²) < 4.78 is 11.3. The number of piperazine rings is 1. The molecule has 1 heterocycles. The highest BCUT2D eigenvalue weighted by Crippen LogP contribution is 2.27. The molecule has 5 heteroatoms. The zero-order valence-corrected chi connectivity index (χ0v) is 16.3. The minimum absolute atomic E-state index is 0.270. The van der Waals surface area contributed by atoms with Crippen molar-refractivity contribution in [3.8, 4) is 5.75 Å². The first-order chi connectivity index (χ1) is 12.8. The number of nitrogens with one attached hydrogen (secondary N) is 1. The van der Waals surface area contributed by atoms with E-state index in [0.717, 1.165) is 38.5 Å². The van der Waals surface area contributed by atoms with E-state index in [1.807, 2.05) is 30.3 Å². The van der Waals surface area contributed by atoms with Crippen LogP contribution in [-0.4, -0.2) is 51.7 Å². The summed E-state index contributed by atoms with van der Waals surface area (Å²) >= 11 is 4.73. The summed E-state index contributed by atoms with van der Waals surface area (Å²) in [5, 5.41) is 0.270. The van der Waals surface area contributed by atoms with E-state index in [-0.39, 0.29) is 5.25 Å². The van der Waals surface area contributed by atoms with Crippen molar-refractivity contribution >= 4 is 18.3 Å². The van der Waals surface area contributed by atoms with Crippen molar-refractivity contribution in [2.24, 2.45) is 0 Å². The predicted octanol–water partition coefficient (Wildman–Crippen LogP) is 1.92. The molecule has 2 aromatic carbocycles. The highest BCUT2D eigenvalue weighted by atomic mass is 32.1. The van der Waals surface area contributed by atoms with Gasteiger partial charge in [-0.2, -0.15) is 12.6 Å². The first-order valence-electron chi connectivity index (χ1n) is 9.27. The van der Waals surface area contributed by atoms with Gasteiger partial charge < -0.3 is 19.3 Å². The largest absolute Gasteiger partial charge is 0.495 e. The fraction of sp³-hybridized carbons (Fsp3) is 0.429. The second-order valence-electron chi connectivity index (χ2n) is 6.77. The lowest BCUT2D eigenvalue weighted by Gasteiger charge is -2.35. The minimum Gasteiger partial charge on any atom is -0.495 e. The van der Waals surface area contributed by atoms with E-state index >= 15 is 0 Å². The monoisotopic (exact) mass is 373 g/mol. The van der Waals surface area contributed by atoms with Gasteiger partial charge in [-0.1, -0.05) is 42.5 Å². The van der Waals surface area contributed by atoms with Crippen molar-refractivity contribution < 1.29 is 14.4 Å².